The van der Waals surface area contributed by atoms with Gasteiger partial charge in [-0.05, 0) is 23.8 Å². The molecule has 5 nitrogen and oxygen atoms in total. The summed E-state index contributed by atoms with van der Waals surface area (Å²) in [7, 11) is 0. The lowest BCUT2D eigenvalue weighted by Gasteiger charge is -2.34. The summed E-state index contributed by atoms with van der Waals surface area (Å²) in [6, 6.07) is 10.6. The van der Waals surface area contributed by atoms with E-state index < -0.39 is 11.9 Å². The van der Waals surface area contributed by atoms with Crippen LogP contribution in [-0.4, -0.2) is 35.4 Å². The van der Waals surface area contributed by atoms with Crippen molar-refractivity contribution in [1.82, 2.24) is 0 Å². The van der Waals surface area contributed by atoms with Crippen LogP contribution in [-0.2, 0) is 11.2 Å². The third-order valence-electron chi connectivity index (χ3n) is 3.73. The molecule has 3 rings (SSSR count). The maximum absolute atomic E-state index is 13.8. The molecule has 0 spiro atoms. The summed E-state index contributed by atoms with van der Waals surface area (Å²) in [5.41, 5.74) is 0.783. The number of hydrogen-bond donors (Lipinski definition) is 2. The zero-order valence-corrected chi connectivity index (χ0v) is 12.3. The molecule has 0 fully saturated rings. The monoisotopic (exact) mass is 317 g/mol. The molecule has 2 N–H and O–H groups in total. The zero-order valence-electron chi connectivity index (χ0n) is 12.3. The van der Waals surface area contributed by atoms with E-state index in [0.717, 1.165) is 0 Å². The Kier molecular flexibility index (Phi) is 4.16. The predicted molar refractivity (Wildman–Crippen MR) is 82.1 cm³/mol. The highest BCUT2D eigenvalue weighted by Gasteiger charge is 2.34. The molecule has 1 atom stereocenters. The molecule has 6 heteroatoms. The molecule has 0 radical (unpaired) electrons. The average molecular weight is 317 g/mol. The molecule has 1 heterocycles. The number of rotatable bonds is 4. The van der Waals surface area contributed by atoms with E-state index in [2.05, 4.69) is 0 Å². The molecule has 1 aliphatic rings. The number of anilines is 1. The van der Waals surface area contributed by atoms with Crippen molar-refractivity contribution in [2.75, 3.05) is 18.1 Å². The molecule has 0 aliphatic carbocycles. The highest BCUT2D eigenvalue weighted by molar-refractivity contribution is 6.00. The third-order valence-corrected chi connectivity index (χ3v) is 3.73. The third kappa shape index (κ3) is 2.98. The number of carbonyl (C=O) groups excluding carboxylic acids is 1. The summed E-state index contributed by atoms with van der Waals surface area (Å²) in [5.74, 6) is -0.359. The number of β-amino-alcohol motifs (C(OH)–C–C–N with tert-alkyl or cyclic N) is 1. The topological polar surface area (TPSA) is 70.0 Å². The van der Waals surface area contributed by atoms with Gasteiger partial charge in [0, 0.05) is 19.0 Å². The van der Waals surface area contributed by atoms with Gasteiger partial charge in [-0.1, -0.05) is 18.2 Å². The van der Waals surface area contributed by atoms with Gasteiger partial charge in [0.15, 0.2) is 6.10 Å². The van der Waals surface area contributed by atoms with Gasteiger partial charge < -0.3 is 19.8 Å². The Bertz CT molecular complexity index is 734. The fourth-order valence-corrected chi connectivity index (χ4v) is 2.64. The molecule has 120 valence electrons. The standard InChI is InChI=1S/C17H16FNO4/c18-13-4-2-1-3-11(13)9-16-17(22)19(7-8-20)14-10-12(21)5-6-15(14)23-16/h1-6,10,16,20-21H,7-9H2. The molecule has 0 saturated heterocycles. The predicted octanol–water partition coefficient (Wildman–Crippen LogP) is 1.86. The Morgan fingerprint density at radius 2 is 2.00 bits per heavy atom. The molecule has 23 heavy (non-hydrogen) atoms. The van der Waals surface area contributed by atoms with Crippen molar-refractivity contribution in [1.29, 1.82) is 0 Å². The van der Waals surface area contributed by atoms with Gasteiger partial charge in [0.2, 0.25) is 0 Å². The Morgan fingerprint density at radius 1 is 1.22 bits per heavy atom. The lowest BCUT2D eigenvalue weighted by molar-refractivity contribution is -0.126. The van der Waals surface area contributed by atoms with E-state index in [1.165, 1.54) is 23.1 Å². The van der Waals surface area contributed by atoms with E-state index in [1.807, 2.05) is 0 Å². The van der Waals surface area contributed by atoms with E-state index in [-0.39, 0.29) is 31.2 Å². The minimum absolute atomic E-state index is 0.00403. The van der Waals surface area contributed by atoms with Crippen LogP contribution in [0, 0.1) is 5.82 Å². The van der Waals surface area contributed by atoms with Crippen LogP contribution < -0.4 is 9.64 Å². The summed E-state index contributed by atoms with van der Waals surface area (Å²) in [4.78, 5) is 13.9. The summed E-state index contributed by atoms with van der Waals surface area (Å²) in [6.07, 6.45) is -0.788. The van der Waals surface area contributed by atoms with Crippen molar-refractivity contribution in [3.63, 3.8) is 0 Å². The first-order chi connectivity index (χ1) is 11.1. The number of halogens is 1. The van der Waals surface area contributed by atoms with Gasteiger partial charge in [-0.25, -0.2) is 4.39 Å². The smallest absolute Gasteiger partial charge is 0.268 e. The molecule has 0 bridgehead atoms. The van der Waals surface area contributed by atoms with Gasteiger partial charge in [-0.3, -0.25) is 4.79 Å². The van der Waals surface area contributed by atoms with Gasteiger partial charge in [-0.2, -0.15) is 0 Å². The van der Waals surface area contributed by atoms with Gasteiger partial charge in [-0.15, -0.1) is 0 Å². The van der Waals surface area contributed by atoms with Crippen molar-refractivity contribution < 1.29 is 24.1 Å². The highest BCUT2D eigenvalue weighted by atomic mass is 19.1. The van der Waals surface area contributed by atoms with Crippen LogP contribution in [0.2, 0.25) is 0 Å². The minimum Gasteiger partial charge on any atom is -0.508 e. The molecule has 2 aromatic carbocycles. The number of phenols is 1. The molecule has 0 saturated carbocycles. The number of hydrogen-bond acceptors (Lipinski definition) is 4. The second kappa shape index (κ2) is 6.26. The van der Waals surface area contributed by atoms with Crippen molar-refractivity contribution in [2.45, 2.75) is 12.5 Å². The average Bonchev–Trinajstić information content (AvgIpc) is 2.54. The quantitative estimate of drug-likeness (QED) is 0.903. The molecule has 1 amide bonds. The largest absolute Gasteiger partial charge is 0.508 e. The van der Waals surface area contributed by atoms with Crippen LogP contribution >= 0.6 is 0 Å². The Hall–Kier alpha value is -2.60. The number of carbonyl (C=O) groups is 1. The van der Waals surface area contributed by atoms with Gasteiger partial charge in [0.25, 0.3) is 5.91 Å². The van der Waals surface area contributed by atoms with Gasteiger partial charge in [0.1, 0.15) is 17.3 Å². The van der Waals surface area contributed by atoms with Crippen LogP contribution in [0.25, 0.3) is 0 Å². The fourth-order valence-electron chi connectivity index (χ4n) is 2.64. The first-order valence-corrected chi connectivity index (χ1v) is 7.25. The van der Waals surface area contributed by atoms with E-state index in [0.29, 0.717) is 17.0 Å². The van der Waals surface area contributed by atoms with Crippen LogP contribution in [0.5, 0.6) is 11.5 Å². The summed E-state index contributed by atoms with van der Waals surface area (Å²) in [6.45, 7) is -0.153. The van der Waals surface area contributed by atoms with E-state index >= 15 is 0 Å². The highest BCUT2D eigenvalue weighted by Crippen LogP contribution is 2.37. The molecule has 1 unspecified atom stereocenters. The van der Waals surface area contributed by atoms with Gasteiger partial charge >= 0.3 is 0 Å². The summed E-state index contributed by atoms with van der Waals surface area (Å²) >= 11 is 0. The summed E-state index contributed by atoms with van der Waals surface area (Å²) in [5, 5.41) is 18.8. The van der Waals surface area contributed by atoms with E-state index in [9.17, 15) is 19.4 Å². The second-order valence-corrected chi connectivity index (χ2v) is 5.27. The number of phenolic OH excluding ortho intramolecular Hbond substituents is 1. The Balaban J connectivity index is 1.93. The fraction of sp³-hybridized carbons (Fsp3) is 0.235. The Labute approximate surface area is 132 Å². The van der Waals surface area contributed by atoms with Gasteiger partial charge in [0.05, 0.1) is 12.3 Å². The summed E-state index contributed by atoms with van der Waals surface area (Å²) < 4.78 is 19.5. The zero-order chi connectivity index (χ0) is 16.4. The van der Waals surface area contributed by atoms with E-state index in [1.54, 1.807) is 24.3 Å². The number of ether oxygens (including phenoxy) is 1. The number of aliphatic hydroxyl groups excluding tert-OH is 1. The van der Waals surface area contributed by atoms with Crippen molar-refractivity contribution in [2.24, 2.45) is 0 Å². The van der Waals surface area contributed by atoms with Crippen molar-refractivity contribution in [3.05, 3.63) is 53.8 Å². The number of benzene rings is 2. The number of aromatic hydroxyl groups is 1. The molecule has 0 aromatic heterocycles. The number of fused-ring (bicyclic) bond motifs is 1. The second-order valence-electron chi connectivity index (χ2n) is 5.27. The lowest BCUT2D eigenvalue weighted by atomic mass is 10.0. The molecular formula is C17H16FNO4. The Morgan fingerprint density at radius 3 is 2.74 bits per heavy atom. The van der Waals surface area contributed by atoms with Crippen molar-refractivity contribution in [3.8, 4) is 11.5 Å². The normalized spacial score (nSPS) is 16.9. The molecule has 2 aromatic rings. The van der Waals surface area contributed by atoms with Crippen LogP contribution in [0.15, 0.2) is 42.5 Å². The first kappa shape index (κ1) is 15.3. The number of aliphatic hydroxyl groups is 1. The SMILES string of the molecule is O=C1C(Cc2ccccc2F)Oc2ccc(O)cc2N1CCO. The molecule has 1 aliphatic heterocycles. The number of amides is 1. The lowest BCUT2D eigenvalue weighted by Crippen LogP contribution is -2.48. The number of nitrogens with zero attached hydrogens (tertiary/aromatic N) is 1. The van der Waals surface area contributed by atoms with E-state index in [4.69, 9.17) is 4.74 Å². The molecular weight excluding hydrogens is 301 g/mol. The van der Waals surface area contributed by atoms with Crippen LogP contribution in [0.1, 0.15) is 5.56 Å². The van der Waals surface area contributed by atoms with Crippen molar-refractivity contribution >= 4 is 11.6 Å². The van der Waals surface area contributed by atoms with Crippen LogP contribution in [0.3, 0.4) is 0 Å². The van der Waals surface area contributed by atoms with Crippen LogP contribution in [0.4, 0.5) is 10.1 Å². The maximum atomic E-state index is 13.8. The first-order valence-electron chi connectivity index (χ1n) is 7.25. The minimum atomic E-state index is -0.879. The maximum Gasteiger partial charge on any atom is 0.268 e.